The van der Waals surface area contributed by atoms with Gasteiger partial charge in [0, 0.05) is 16.6 Å². The summed E-state index contributed by atoms with van der Waals surface area (Å²) >= 11 is 1.60. The topological polar surface area (TPSA) is 41.1 Å². The highest BCUT2D eigenvalue weighted by atomic mass is 32.2. The van der Waals surface area contributed by atoms with E-state index in [1.165, 1.54) is 12.8 Å². The van der Waals surface area contributed by atoms with Crippen LogP contribution in [0, 0.1) is 5.92 Å². The van der Waals surface area contributed by atoms with Crippen molar-refractivity contribution in [1.29, 1.82) is 0 Å². The van der Waals surface area contributed by atoms with Crippen molar-refractivity contribution in [3.05, 3.63) is 18.2 Å². The van der Waals surface area contributed by atoms with Crippen LogP contribution in [0.4, 0.5) is 11.4 Å². The van der Waals surface area contributed by atoms with Crippen LogP contribution in [0.15, 0.2) is 23.1 Å². The lowest BCUT2D eigenvalue weighted by atomic mass is 9.97. The van der Waals surface area contributed by atoms with Gasteiger partial charge < -0.3 is 10.6 Å². The van der Waals surface area contributed by atoms with Gasteiger partial charge in [-0.15, -0.1) is 11.8 Å². The highest BCUT2D eigenvalue weighted by Gasteiger charge is 2.16. The maximum atomic E-state index is 11.4. The number of thioether (sulfide) groups is 1. The summed E-state index contributed by atoms with van der Waals surface area (Å²) in [6, 6.07) is 6.76. The first kappa shape index (κ1) is 15.2. The molecule has 0 aliphatic carbocycles. The van der Waals surface area contributed by atoms with E-state index in [-0.39, 0.29) is 5.91 Å². The molecule has 0 fully saturated rings. The van der Waals surface area contributed by atoms with Crippen molar-refractivity contribution in [2.75, 3.05) is 16.4 Å². The second-order valence-electron chi connectivity index (χ2n) is 5.55. The van der Waals surface area contributed by atoms with Gasteiger partial charge in [-0.1, -0.05) is 27.2 Å². The molecule has 1 amide bonds. The van der Waals surface area contributed by atoms with Crippen LogP contribution in [0.5, 0.6) is 0 Å². The Balaban J connectivity index is 2.05. The van der Waals surface area contributed by atoms with Crippen molar-refractivity contribution in [3.8, 4) is 0 Å². The maximum absolute atomic E-state index is 11.4. The summed E-state index contributed by atoms with van der Waals surface area (Å²) in [4.78, 5) is 12.6. The van der Waals surface area contributed by atoms with Crippen molar-refractivity contribution in [2.24, 2.45) is 5.92 Å². The Kier molecular flexibility index (Phi) is 5.35. The van der Waals surface area contributed by atoms with Gasteiger partial charge in [0.15, 0.2) is 0 Å². The minimum absolute atomic E-state index is 0.0892. The number of fused-ring (bicyclic) bond motifs is 1. The number of benzene rings is 1. The molecule has 2 N–H and O–H groups in total. The van der Waals surface area contributed by atoms with Gasteiger partial charge in [0.25, 0.3) is 0 Å². The summed E-state index contributed by atoms with van der Waals surface area (Å²) in [6.45, 7) is 6.76. The molecule has 2 unspecified atom stereocenters. The fraction of sp³-hybridized carbons (Fsp3) is 0.562. The van der Waals surface area contributed by atoms with Crippen LogP contribution < -0.4 is 10.6 Å². The molecule has 1 aliphatic heterocycles. The molecule has 1 aliphatic rings. The van der Waals surface area contributed by atoms with Gasteiger partial charge >= 0.3 is 0 Å². The van der Waals surface area contributed by atoms with Crippen molar-refractivity contribution in [2.45, 2.75) is 51.0 Å². The predicted molar refractivity (Wildman–Crippen MR) is 87.6 cm³/mol. The van der Waals surface area contributed by atoms with Gasteiger partial charge in [-0.05, 0) is 37.0 Å². The Morgan fingerprint density at radius 3 is 2.85 bits per heavy atom. The Labute approximate surface area is 125 Å². The van der Waals surface area contributed by atoms with Crippen LogP contribution in [-0.4, -0.2) is 17.7 Å². The third-order valence-electron chi connectivity index (χ3n) is 3.86. The van der Waals surface area contributed by atoms with Crippen molar-refractivity contribution in [1.82, 2.24) is 0 Å². The second kappa shape index (κ2) is 7.02. The third-order valence-corrected chi connectivity index (χ3v) is 4.93. The van der Waals surface area contributed by atoms with Crippen LogP contribution in [0.3, 0.4) is 0 Å². The molecule has 20 heavy (non-hydrogen) atoms. The highest BCUT2D eigenvalue weighted by molar-refractivity contribution is 8.00. The van der Waals surface area contributed by atoms with E-state index in [0.29, 0.717) is 11.8 Å². The molecular weight excluding hydrogens is 268 g/mol. The van der Waals surface area contributed by atoms with Gasteiger partial charge in [0.2, 0.25) is 5.91 Å². The fourth-order valence-corrected chi connectivity index (χ4v) is 3.18. The zero-order chi connectivity index (χ0) is 14.5. The molecule has 0 bridgehead atoms. The lowest BCUT2D eigenvalue weighted by Crippen LogP contribution is -2.22. The summed E-state index contributed by atoms with van der Waals surface area (Å²) in [5.41, 5.74) is 2.04. The number of carbonyl (C=O) groups is 1. The minimum atomic E-state index is 0.0892. The minimum Gasteiger partial charge on any atom is -0.382 e. The molecule has 1 aromatic rings. The molecule has 0 radical (unpaired) electrons. The third kappa shape index (κ3) is 3.92. The molecule has 0 saturated heterocycles. The van der Waals surface area contributed by atoms with Gasteiger partial charge in [-0.2, -0.15) is 0 Å². The van der Waals surface area contributed by atoms with Crippen LogP contribution in [0.2, 0.25) is 0 Å². The Bertz CT molecular complexity index is 476. The van der Waals surface area contributed by atoms with E-state index in [1.807, 2.05) is 0 Å². The maximum Gasteiger partial charge on any atom is 0.234 e. The lowest BCUT2D eigenvalue weighted by molar-refractivity contribution is -0.113. The smallest absolute Gasteiger partial charge is 0.234 e. The normalized spacial score (nSPS) is 17.1. The summed E-state index contributed by atoms with van der Waals surface area (Å²) in [5, 5.41) is 6.54. The van der Waals surface area contributed by atoms with E-state index < -0.39 is 0 Å². The van der Waals surface area contributed by atoms with Crippen molar-refractivity contribution < 1.29 is 4.79 Å². The van der Waals surface area contributed by atoms with Gasteiger partial charge in [-0.3, -0.25) is 4.79 Å². The van der Waals surface area contributed by atoms with E-state index in [9.17, 15) is 4.79 Å². The fourth-order valence-electron chi connectivity index (χ4n) is 2.39. The molecule has 1 aromatic carbocycles. The molecule has 0 spiro atoms. The van der Waals surface area contributed by atoms with Crippen molar-refractivity contribution >= 4 is 29.0 Å². The van der Waals surface area contributed by atoms with Crippen LogP contribution in [0.1, 0.15) is 40.0 Å². The predicted octanol–water partition coefficient (Wildman–Crippen LogP) is 4.36. The van der Waals surface area contributed by atoms with E-state index in [2.05, 4.69) is 49.6 Å². The average Bonchev–Trinajstić information content (AvgIpc) is 2.45. The molecule has 0 aromatic heterocycles. The molecular formula is C16H24N2OS. The number of hydrogen-bond donors (Lipinski definition) is 2. The average molecular weight is 292 g/mol. The quantitative estimate of drug-likeness (QED) is 0.818. The van der Waals surface area contributed by atoms with E-state index in [0.717, 1.165) is 28.6 Å². The number of anilines is 2. The number of rotatable bonds is 6. The van der Waals surface area contributed by atoms with Gasteiger partial charge in [0.1, 0.15) is 0 Å². The van der Waals surface area contributed by atoms with Gasteiger partial charge in [-0.25, -0.2) is 0 Å². The zero-order valence-electron chi connectivity index (χ0n) is 12.5. The monoisotopic (exact) mass is 292 g/mol. The first-order valence-corrected chi connectivity index (χ1v) is 8.44. The Morgan fingerprint density at radius 1 is 1.35 bits per heavy atom. The molecule has 2 rings (SSSR count). The van der Waals surface area contributed by atoms with E-state index >= 15 is 0 Å². The Hall–Kier alpha value is -1.16. The van der Waals surface area contributed by atoms with E-state index in [4.69, 9.17) is 0 Å². The lowest BCUT2D eigenvalue weighted by Gasteiger charge is -2.23. The van der Waals surface area contributed by atoms with E-state index in [1.54, 1.807) is 11.8 Å². The number of carbonyl (C=O) groups excluding carboxylic acids is 1. The van der Waals surface area contributed by atoms with Crippen LogP contribution >= 0.6 is 11.8 Å². The zero-order valence-corrected chi connectivity index (χ0v) is 13.3. The number of hydrogen-bond acceptors (Lipinski definition) is 3. The first-order chi connectivity index (χ1) is 9.62. The largest absolute Gasteiger partial charge is 0.382 e. The van der Waals surface area contributed by atoms with Crippen molar-refractivity contribution in [3.63, 3.8) is 0 Å². The summed E-state index contributed by atoms with van der Waals surface area (Å²) < 4.78 is 0. The molecule has 4 heteroatoms. The first-order valence-electron chi connectivity index (χ1n) is 7.45. The van der Waals surface area contributed by atoms with Crippen LogP contribution in [0.25, 0.3) is 0 Å². The standard InChI is InChI=1S/C16H24N2OS/c1-4-11(3)8-12(5-2)17-13-6-7-15-14(9-13)18-16(19)10-20-15/h6-7,9,11-12,17H,4-5,8,10H2,1-3H3,(H,18,19). The molecule has 0 saturated carbocycles. The Morgan fingerprint density at radius 2 is 2.15 bits per heavy atom. The number of amides is 1. The number of nitrogens with one attached hydrogen (secondary N) is 2. The SMILES string of the molecule is CCC(C)CC(CC)Nc1ccc2c(c1)NC(=O)CS2. The molecule has 3 nitrogen and oxygen atoms in total. The molecule has 2 atom stereocenters. The summed E-state index contributed by atoms with van der Waals surface area (Å²) in [7, 11) is 0. The summed E-state index contributed by atoms with van der Waals surface area (Å²) in [5.74, 6) is 1.34. The van der Waals surface area contributed by atoms with Gasteiger partial charge in [0.05, 0.1) is 11.4 Å². The second-order valence-corrected chi connectivity index (χ2v) is 6.56. The highest BCUT2D eigenvalue weighted by Crippen LogP contribution is 2.33. The molecule has 110 valence electrons. The van der Waals surface area contributed by atoms with Crippen LogP contribution in [-0.2, 0) is 4.79 Å². The summed E-state index contributed by atoms with van der Waals surface area (Å²) in [6.07, 6.45) is 3.52. The molecule has 1 heterocycles.